The Labute approximate surface area is 75.0 Å². The zero-order valence-electron chi connectivity index (χ0n) is 2.38. The minimum absolute atomic E-state index is 0. The van der Waals surface area contributed by atoms with Crippen molar-refractivity contribution in [3.63, 3.8) is 0 Å². The topological polar surface area (TPSA) is 0 Å². The van der Waals surface area contributed by atoms with Crippen molar-refractivity contribution < 1.29 is 70.4 Å². The molecule has 0 amide bonds. The summed E-state index contributed by atoms with van der Waals surface area (Å²) >= 11 is 1.95. The van der Waals surface area contributed by atoms with Crippen LogP contribution in [-0.2, 0) is 70.4 Å². The van der Waals surface area contributed by atoms with Crippen molar-refractivity contribution in [3.8, 4) is 0 Å². The van der Waals surface area contributed by atoms with E-state index in [1.54, 1.807) is 0 Å². The van der Waals surface area contributed by atoms with Gasteiger partial charge in [-0.05, 0) is 0 Å². The number of rotatable bonds is 0. The fourth-order valence-corrected chi connectivity index (χ4v) is 0. The van der Waals surface area contributed by atoms with Gasteiger partial charge in [0, 0.05) is 50.6 Å². The number of hydrogen-bond acceptors (Lipinski definition) is 0. The summed E-state index contributed by atoms with van der Waals surface area (Å²) < 4.78 is 0. The van der Waals surface area contributed by atoms with Crippen molar-refractivity contribution in [2.24, 2.45) is 0 Å². The molecule has 0 aromatic heterocycles. The molecule has 1 radical (unpaired) electrons. The fourth-order valence-electron chi connectivity index (χ4n) is 0. The standard InChI is InChI=1S/CH3.Cu.Fe.Mo.Ni/h1H3;;;;. The molecule has 0 saturated carbocycles. The maximum Gasteiger partial charge on any atom is 0 e. The third-order valence-electron chi connectivity index (χ3n) is 0. The third kappa shape index (κ3) is 22.5. The van der Waals surface area contributed by atoms with Crippen LogP contribution in [0.15, 0.2) is 0 Å². The Morgan fingerprint density at radius 2 is 1.20 bits per heavy atom. The molecular formula is CH3CuFeMoNi. The van der Waals surface area contributed by atoms with Gasteiger partial charge in [-0.1, -0.05) is 0 Å². The molecule has 0 saturated heterocycles. The largest absolute Gasteiger partial charge is 0 e. The SMILES string of the molecule is [CH3][Mo].[Cu].[Fe].[Ni]. The predicted octanol–water partition coefficient (Wildman–Crippen LogP) is 0.574. The Balaban J connectivity index is -0.00000000167. The first kappa shape index (κ1) is 26.9. The summed E-state index contributed by atoms with van der Waals surface area (Å²) in [4.78, 5) is 0. The first-order chi connectivity index (χ1) is 1.00. The minimum atomic E-state index is 0. The molecular weight excluding hydrogens is 286 g/mol. The summed E-state index contributed by atoms with van der Waals surface area (Å²) in [5.41, 5.74) is 0. The first-order valence-corrected chi connectivity index (χ1v) is 2.42. The van der Waals surface area contributed by atoms with Crippen LogP contribution < -0.4 is 0 Å². The molecule has 0 heterocycles. The molecule has 0 aliphatic heterocycles. The summed E-state index contributed by atoms with van der Waals surface area (Å²) in [7, 11) is 0. The Bertz CT molecular complexity index is 11.6. The van der Waals surface area contributed by atoms with Crippen LogP contribution in [0.5, 0.6) is 0 Å². The van der Waals surface area contributed by atoms with E-state index in [9.17, 15) is 0 Å². The smallest absolute Gasteiger partial charge is 0 e. The Morgan fingerprint density at radius 1 is 1.20 bits per heavy atom. The molecule has 0 spiro atoms. The van der Waals surface area contributed by atoms with Gasteiger partial charge < -0.3 is 0 Å². The summed E-state index contributed by atoms with van der Waals surface area (Å²) in [5.74, 6) is 0. The molecule has 0 nitrogen and oxygen atoms in total. The van der Waals surface area contributed by atoms with E-state index in [-0.39, 0.29) is 50.6 Å². The Kier molecular flexibility index (Phi) is 185. The quantitative estimate of drug-likeness (QED) is 0.572. The summed E-state index contributed by atoms with van der Waals surface area (Å²) in [6, 6.07) is 0. The molecule has 0 rings (SSSR count). The second-order valence-electron chi connectivity index (χ2n) is 0. The van der Waals surface area contributed by atoms with Gasteiger partial charge in [0.2, 0.25) is 0 Å². The molecule has 0 aliphatic rings. The van der Waals surface area contributed by atoms with Crippen molar-refractivity contribution in [3.05, 3.63) is 0 Å². The zero-order valence-corrected chi connectivity index (χ0v) is 7.42. The van der Waals surface area contributed by atoms with Crippen molar-refractivity contribution in [1.29, 1.82) is 0 Å². The van der Waals surface area contributed by atoms with Gasteiger partial charge in [0.1, 0.15) is 0 Å². The van der Waals surface area contributed by atoms with Crippen molar-refractivity contribution in [2.75, 3.05) is 0 Å². The second kappa shape index (κ2) is 34.4. The summed E-state index contributed by atoms with van der Waals surface area (Å²) in [6.07, 6.45) is 0. The molecule has 0 aromatic carbocycles. The van der Waals surface area contributed by atoms with E-state index in [4.69, 9.17) is 0 Å². The van der Waals surface area contributed by atoms with Crippen molar-refractivity contribution >= 4 is 0 Å². The van der Waals surface area contributed by atoms with E-state index < -0.39 is 0 Å². The molecule has 0 fully saturated rings. The van der Waals surface area contributed by atoms with E-state index in [2.05, 4.69) is 0 Å². The molecule has 0 aromatic rings. The van der Waals surface area contributed by atoms with Crippen LogP contribution in [0.2, 0.25) is 5.31 Å². The van der Waals surface area contributed by atoms with Gasteiger partial charge in [-0.15, -0.1) is 0 Å². The maximum atomic E-state index is 2.01. The van der Waals surface area contributed by atoms with Crippen LogP contribution in [-0.4, -0.2) is 0 Å². The maximum absolute atomic E-state index is 2.01. The summed E-state index contributed by atoms with van der Waals surface area (Å²) in [5, 5.41) is 2.01. The molecule has 0 bridgehead atoms. The van der Waals surface area contributed by atoms with Gasteiger partial charge >= 0.3 is 25.1 Å². The fraction of sp³-hybridized carbons (Fsp3) is 1.00. The molecule has 0 atom stereocenters. The summed E-state index contributed by atoms with van der Waals surface area (Å²) in [6.45, 7) is 0. The van der Waals surface area contributed by atoms with E-state index in [0.717, 1.165) is 0 Å². The van der Waals surface area contributed by atoms with E-state index in [1.807, 2.05) is 25.1 Å². The average molecular weight is 289 g/mol. The van der Waals surface area contributed by atoms with E-state index >= 15 is 0 Å². The van der Waals surface area contributed by atoms with Crippen LogP contribution in [0.25, 0.3) is 0 Å². The second-order valence-corrected chi connectivity index (χ2v) is 0. The van der Waals surface area contributed by atoms with Crippen molar-refractivity contribution in [1.82, 2.24) is 0 Å². The van der Waals surface area contributed by atoms with Gasteiger partial charge in [0.15, 0.2) is 0 Å². The van der Waals surface area contributed by atoms with Gasteiger partial charge in [-0.3, -0.25) is 0 Å². The van der Waals surface area contributed by atoms with Crippen LogP contribution in [0.1, 0.15) is 0 Å². The zero-order chi connectivity index (χ0) is 2.00. The molecule has 42 valence electrons. The minimum Gasteiger partial charge on any atom is 0 e. The predicted molar refractivity (Wildman–Crippen MR) is 5.86 cm³/mol. The van der Waals surface area contributed by atoms with Crippen LogP contribution >= 0.6 is 0 Å². The van der Waals surface area contributed by atoms with Crippen LogP contribution in [0.3, 0.4) is 0 Å². The van der Waals surface area contributed by atoms with Crippen LogP contribution in [0, 0.1) is 0 Å². The number of hydrogen-bond donors (Lipinski definition) is 0. The monoisotopic (exact) mass is 290 g/mol. The molecule has 5 heavy (non-hydrogen) atoms. The van der Waals surface area contributed by atoms with Crippen LogP contribution in [0.4, 0.5) is 0 Å². The molecule has 4 heteroatoms. The van der Waals surface area contributed by atoms with E-state index in [0.29, 0.717) is 0 Å². The van der Waals surface area contributed by atoms with Gasteiger partial charge in [0.25, 0.3) is 0 Å². The normalized spacial score (nSPS) is 1.00. The van der Waals surface area contributed by atoms with Gasteiger partial charge in [-0.2, -0.15) is 0 Å². The third-order valence-corrected chi connectivity index (χ3v) is 0. The Hall–Kier alpha value is 2.22. The first-order valence-electron chi connectivity index (χ1n) is 0.408. The van der Waals surface area contributed by atoms with Gasteiger partial charge in [0.05, 0.1) is 0 Å². The molecule has 0 N–H and O–H groups in total. The average Bonchev–Trinajstić information content (AvgIpc) is 1.00. The molecule has 0 unspecified atom stereocenters. The Morgan fingerprint density at radius 3 is 1.20 bits per heavy atom. The van der Waals surface area contributed by atoms with Gasteiger partial charge in [-0.25, -0.2) is 0 Å². The molecule has 0 aliphatic carbocycles. The van der Waals surface area contributed by atoms with Crippen molar-refractivity contribution in [2.45, 2.75) is 5.31 Å². The van der Waals surface area contributed by atoms with E-state index in [1.165, 1.54) is 0 Å².